The van der Waals surface area contributed by atoms with E-state index in [1.807, 2.05) is 11.3 Å². The maximum Gasteiger partial charge on any atom is 0.185 e. The van der Waals surface area contributed by atoms with Crippen LogP contribution < -0.4 is 10.2 Å². The third kappa shape index (κ3) is 3.94. The molecular formula is C15H26N4OS. The molecule has 2 heterocycles. The zero-order chi connectivity index (χ0) is 14.7. The Hall–Kier alpha value is -0.690. The summed E-state index contributed by atoms with van der Waals surface area (Å²) in [6.45, 7) is 9.31. The summed E-state index contributed by atoms with van der Waals surface area (Å²) in [4.78, 5) is 11.2. The summed E-state index contributed by atoms with van der Waals surface area (Å²) >= 11 is 1.84. The van der Waals surface area contributed by atoms with Crippen LogP contribution in [0.5, 0.6) is 0 Å². The Morgan fingerprint density at radius 3 is 2.71 bits per heavy atom. The molecule has 3 rings (SSSR count). The lowest BCUT2D eigenvalue weighted by molar-refractivity contribution is 0.199. The monoisotopic (exact) mass is 310 g/mol. The molecule has 0 unspecified atom stereocenters. The number of anilines is 1. The molecule has 1 aliphatic carbocycles. The van der Waals surface area contributed by atoms with Crippen LogP contribution in [-0.4, -0.2) is 62.4 Å². The Balaban J connectivity index is 1.51. The SMILES string of the molecule is COCCNCc1sc(N2CCN(C3CC3)CC2)nc1C. The maximum atomic E-state index is 5.06. The highest BCUT2D eigenvalue weighted by Crippen LogP contribution is 2.30. The lowest BCUT2D eigenvalue weighted by atomic mass is 10.3. The number of hydrogen-bond donors (Lipinski definition) is 1. The number of methoxy groups -OCH3 is 1. The van der Waals surface area contributed by atoms with E-state index in [2.05, 4.69) is 22.0 Å². The van der Waals surface area contributed by atoms with Crippen molar-refractivity contribution in [3.63, 3.8) is 0 Å². The van der Waals surface area contributed by atoms with E-state index in [0.29, 0.717) is 0 Å². The van der Waals surface area contributed by atoms with Crippen LogP contribution in [0.2, 0.25) is 0 Å². The number of thiazole rings is 1. The number of hydrogen-bond acceptors (Lipinski definition) is 6. The molecule has 0 atom stereocenters. The van der Waals surface area contributed by atoms with Gasteiger partial charge in [-0.05, 0) is 19.8 Å². The van der Waals surface area contributed by atoms with Crippen molar-refractivity contribution in [2.75, 3.05) is 51.3 Å². The van der Waals surface area contributed by atoms with Crippen molar-refractivity contribution in [3.05, 3.63) is 10.6 Å². The van der Waals surface area contributed by atoms with Crippen LogP contribution in [-0.2, 0) is 11.3 Å². The van der Waals surface area contributed by atoms with E-state index in [1.165, 1.54) is 41.6 Å². The smallest absolute Gasteiger partial charge is 0.185 e. The van der Waals surface area contributed by atoms with Gasteiger partial charge in [0.25, 0.3) is 0 Å². The lowest BCUT2D eigenvalue weighted by Crippen LogP contribution is -2.47. The van der Waals surface area contributed by atoms with Gasteiger partial charge < -0.3 is 15.0 Å². The second-order valence-corrected chi connectivity index (χ2v) is 6.99. The molecule has 0 spiro atoms. The zero-order valence-corrected chi connectivity index (χ0v) is 13.9. The number of piperazine rings is 1. The predicted octanol–water partition coefficient (Wildman–Crippen LogP) is 1.47. The summed E-state index contributed by atoms with van der Waals surface area (Å²) in [5, 5.41) is 4.61. The molecule has 1 aliphatic heterocycles. The van der Waals surface area contributed by atoms with Gasteiger partial charge in [0.2, 0.25) is 0 Å². The minimum Gasteiger partial charge on any atom is -0.383 e. The average Bonchev–Trinajstić information content (AvgIpc) is 3.28. The molecule has 2 fully saturated rings. The van der Waals surface area contributed by atoms with Crippen molar-refractivity contribution in [2.45, 2.75) is 32.4 Å². The number of aryl methyl sites for hydroxylation is 1. The van der Waals surface area contributed by atoms with Crippen LogP contribution in [0.4, 0.5) is 5.13 Å². The van der Waals surface area contributed by atoms with Crippen LogP contribution in [0.25, 0.3) is 0 Å². The van der Waals surface area contributed by atoms with Crippen molar-refractivity contribution < 1.29 is 4.74 Å². The molecule has 118 valence electrons. The molecular weight excluding hydrogens is 284 g/mol. The molecule has 0 aromatic carbocycles. The molecule has 0 radical (unpaired) electrons. The number of aromatic nitrogens is 1. The summed E-state index contributed by atoms with van der Waals surface area (Å²) in [5.41, 5.74) is 1.17. The first kappa shape index (κ1) is 15.2. The normalized spacial score (nSPS) is 20.2. The fourth-order valence-electron chi connectivity index (χ4n) is 2.81. The molecule has 6 heteroatoms. The van der Waals surface area contributed by atoms with E-state index in [-0.39, 0.29) is 0 Å². The van der Waals surface area contributed by atoms with Gasteiger partial charge in [0.05, 0.1) is 12.3 Å². The second kappa shape index (κ2) is 7.05. The van der Waals surface area contributed by atoms with Gasteiger partial charge >= 0.3 is 0 Å². The molecule has 0 amide bonds. The zero-order valence-electron chi connectivity index (χ0n) is 13.1. The van der Waals surface area contributed by atoms with Gasteiger partial charge in [-0.1, -0.05) is 0 Å². The summed E-state index contributed by atoms with van der Waals surface area (Å²) in [7, 11) is 1.74. The van der Waals surface area contributed by atoms with Crippen LogP contribution in [0.15, 0.2) is 0 Å². The molecule has 1 N–H and O–H groups in total. The molecule has 1 saturated heterocycles. The van der Waals surface area contributed by atoms with Crippen LogP contribution in [0, 0.1) is 6.92 Å². The van der Waals surface area contributed by atoms with Gasteiger partial charge in [0.15, 0.2) is 5.13 Å². The Bertz CT molecular complexity index is 453. The van der Waals surface area contributed by atoms with Crippen molar-refractivity contribution >= 4 is 16.5 Å². The first-order valence-electron chi connectivity index (χ1n) is 7.93. The Labute approximate surface area is 131 Å². The standard InChI is InChI=1S/C15H26N4OS/c1-12-14(11-16-5-10-20-2)21-15(17-12)19-8-6-18(7-9-19)13-3-4-13/h13,16H,3-11H2,1-2H3. The van der Waals surface area contributed by atoms with E-state index in [0.717, 1.165) is 38.8 Å². The summed E-state index contributed by atoms with van der Waals surface area (Å²) in [5.74, 6) is 0. The number of ether oxygens (including phenoxy) is 1. The highest BCUT2D eigenvalue weighted by molar-refractivity contribution is 7.15. The minimum atomic E-state index is 0.758. The molecule has 2 aliphatic rings. The van der Waals surface area contributed by atoms with E-state index in [1.54, 1.807) is 7.11 Å². The third-order valence-corrected chi connectivity index (χ3v) is 5.52. The number of nitrogens with zero attached hydrogens (tertiary/aromatic N) is 3. The van der Waals surface area contributed by atoms with Crippen molar-refractivity contribution in [1.82, 2.24) is 15.2 Å². The molecule has 1 saturated carbocycles. The molecule has 1 aromatic rings. The largest absolute Gasteiger partial charge is 0.383 e. The number of rotatable bonds is 7. The van der Waals surface area contributed by atoms with E-state index in [9.17, 15) is 0 Å². The van der Waals surface area contributed by atoms with Gasteiger partial charge in [-0.15, -0.1) is 11.3 Å². The molecule has 21 heavy (non-hydrogen) atoms. The topological polar surface area (TPSA) is 40.6 Å². The first-order valence-corrected chi connectivity index (χ1v) is 8.74. The van der Waals surface area contributed by atoms with E-state index < -0.39 is 0 Å². The lowest BCUT2D eigenvalue weighted by Gasteiger charge is -2.34. The summed E-state index contributed by atoms with van der Waals surface area (Å²) < 4.78 is 5.06. The fourth-order valence-corrected chi connectivity index (χ4v) is 3.89. The molecule has 1 aromatic heterocycles. The van der Waals surface area contributed by atoms with Gasteiger partial charge in [-0.2, -0.15) is 0 Å². The Kier molecular flexibility index (Phi) is 5.11. The summed E-state index contributed by atoms with van der Waals surface area (Å²) in [6, 6.07) is 0.894. The molecule has 0 bridgehead atoms. The number of nitrogens with one attached hydrogen (secondary N) is 1. The van der Waals surface area contributed by atoms with Crippen molar-refractivity contribution in [2.24, 2.45) is 0 Å². The van der Waals surface area contributed by atoms with Gasteiger partial charge in [-0.3, -0.25) is 4.90 Å². The Morgan fingerprint density at radius 1 is 1.29 bits per heavy atom. The van der Waals surface area contributed by atoms with Gasteiger partial charge in [0, 0.05) is 57.3 Å². The predicted molar refractivity (Wildman–Crippen MR) is 87.2 cm³/mol. The van der Waals surface area contributed by atoms with Gasteiger partial charge in [0.1, 0.15) is 0 Å². The third-order valence-electron chi connectivity index (χ3n) is 4.30. The van der Waals surface area contributed by atoms with Crippen LogP contribution in [0.3, 0.4) is 0 Å². The van der Waals surface area contributed by atoms with Crippen molar-refractivity contribution in [3.8, 4) is 0 Å². The second-order valence-electron chi connectivity index (χ2n) is 5.93. The highest BCUT2D eigenvalue weighted by Gasteiger charge is 2.31. The van der Waals surface area contributed by atoms with Crippen LogP contribution >= 0.6 is 11.3 Å². The fraction of sp³-hybridized carbons (Fsp3) is 0.800. The minimum absolute atomic E-state index is 0.758. The summed E-state index contributed by atoms with van der Waals surface area (Å²) in [6.07, 6.45) is 2.82. The van der Waals surface area contributed by atoms with Crippen molar-refractivity contribution in [1.29, 1.82) is 0 Å². The van der Waals surface area contributed by atoms with Crippen LogP contribution in [0.1, 0.15) is 23.4 Å². The quantitative estimate of drug-likeness (QED) is 0.773. The highest BCUT2D eigenvalue weighted by atomic mass is 32.1. The van der Waals surface area contributed by atoms with E-state index >= 15 is 0 Å². The molecule has 5 nitrogen and oxygen atoms in total. The Morgan fingerprint density at radius 2 is 2.05 bits per heavy atom. The first-order chi connectivity index (χ1) is 10.3. The average molecular weight is 310 g/mol. The van der Waals surface area contributed by atoms with Gasteiger partial charge in [-0.25, -0.2) is 4.98 Å². The maximum absolute atomic E-state index is 5.06. The van der Waals surface area contributed by atoms with E-state index in [4.69, 9.17) is 9.72 Å².